The third-order valence-corrected chi connectivity index (χ3v) is 4.91. The number of phenols is 3. The Morgan fingerprint density at radius 1 is 0.935 bits per heavy atom. The molecule has 0 spiro atoms. The number of aliphatic hydroxyl groups is 3. The van der Waals surface area contributed by atoms with Crippen LogP contribution in [0.15, 0.2) is 39.5 Å². The van der Waals surface area contributed by atoms with Crippen LogP contribution in [0.25, 0.3) is 22.3 Å². The van der Waals surface area contributed by atoms with Crippen molar-refractivity contribution in [3.8, 4) is 40.1 Å². The average Bonchev–Trinajstić information content (AvgIpc) is 3.00. The van der Waals surface area contributed by atoms with Crippen LogP contribution in [0.5, 0.6) is 28.7 Å². The first-order valence-electron chi connectivity index (χ1n) is 9.05. The van der Waals surface area contributed by atoms with Crippen molar-refractivity contribution in [3.05, 3.63) is 40.6 Å². The Balaban J connectivity index is 1.78. The smallest absolute Gasteiger partial charge is 0.238 e. The Hall–Kier alpha value is -3.51. The predicted molar refractivity (Wildman–Crippen MR) is 103 cm³/mol. The molecule has 7 N–H and O–H groups in total. The lowest BCUT2D eigenvalue weighted by Crippen LogP contribution is -2.35. The molecule has 0 saturated carbocycles. The Morgan fingerprint density at radius 3 is 2.32 bits per heavy atom. The van der Waals surface area contributed by atoms with Crippen molar-refractivity contribution in [3.63, 3.8) is 0 Å². The highest BCUT2D eigenvalue weighted by Crippen LogP contribution is 2.38. The van der Waals surface area contributed by atoms with Crippen molar-refractivity contribution in [2.75, 3.05) is 6.61 Å². The number of ether oxygens (including phenoxy) is 2. The molecule has 2 heterocycles. The minimum absolute atomic E-state index is 0.0704. The molecule has 1 saturated heterocycles. The zero-order valence-electron chi connectivity index (χ0n) is 15.7. The van der Waals surface area contributed by atoms with Gasteiger partial charge in [-0.25, -0.2) is 0 Å². The average molecular weight is 434 g/mol. The van der Waals surface area contributed by atoms with E-state index < -0.39 is 59.6 Å². The van der Waals surface area contributed by atoms with Crippen LogP contribution in [0, 0.1) is 0 Å². The summed E-state index contributed by atoms with van der Waals surface area (Å²) in [6.07, 6.45) is -5.33. The number of benzene rings is 2. The fourth-order valence-corrected chi connectivity index (χ4v) is 3.29. The third-order valence-electron chi connectivity index (χ3n) is 4.91. The lowest BCUT2D eigenvalue weighted by atomic mass is 10.1. The molecule has 1 aliphatic heterocycles. The monoisotopic (exact) mass is 434 g/mol. The van der Waals surface area contributed by atoms with E-state index >= 15 is 0 Å². The molecule has 1 aromatic heterocycles. The summed E-state index contributed by atoms with van der Waals surface area (Å²) >= 11 is 0. The van der Waals surface area contributed by atoms with Crippen molar-refractivity contribution >= 4 is 11.0 Å². The molecule has 0 radical (unpaired) electrons. The molecule has 1 aliphatic rings. The van der Waals surface area contributed by atoms with Crippen LogP contribution in [0.1, 0.15) is 0 Å². The molecule has 3 aromatic rings. The molecule has 11 nitrogen and oxygen atoms in total. The summed E-state index contributed by atoms with van der Waals surface area (Å²) in [5, 5.41) is 68.3. The van der Waals surface area contributed by atoms with Gasteiger partial charge >= 0.3 is 0 Å². The van der Waals surface area contributed by atoms with Crippen molar-refractivity contribution in [2.24, 2.45) is 0 Å². The Bertz CT molecular complexity index is 1200. The first-order valence-corrected chi connectivity index (χ1v) is 9.05. The van der Waals surface area contributed by atoms with Crippen LogP contribution in [0.2, 0.25) is 0 Å². The number of aliphatic hydroxyl groups excluding tert-OH is 3. The Morgan fingerprint density at radius 2 is 1.68 bits per heavy atom. The summed E-state index contributed by atoms with van der Waals surface area (Å²) in [6, 6.07) is 5.71. The molecule has 0 unspecified atom stereocenters. The second-order valence-electron chi connectivity index (χ2n) is 6.95. The molecule has 164 valence electrons. The van der Waals surface area contributed by atoms with Gasteiger partial charge in [-0.3, -0.25) is 4.79 Å². The summed E-state index contributed by atoms with van der Waals surface area (Å²) in [6.45, 7) is -0.557. The maximum Gasteiger partial charge on any atom is 0.238 e. The number of fused-ring (bicyclic) bond motifs is 1. The van der Waals surface area contributed by atoms with E-state index in [2.05, 4.69) is 0 Å². The second kappa shape index (κ2) is 7.63. The zero-order valence-corrected chi connectivity index (χ0v) is 15.7. The van der Waals surface area contributed by atoms with Crippen LogP contribution in [-0.2, 0) is 4.74 Å². The number of hydrogen-bond donors (Lipinski definition) is 7. The van der Waals surface area contributed by atoms with E-state index in [1.165, 1.54) is 12.1 Å². The molecule has 1 fully saturated rings. The Labute approximate surface area is 173 Å². The SMILES string of the molecule is O=c1c(O)c(-c2ccc(O)c(O)c2)oc2cc(O[C@H]3O[C@H](CO)[C@@H](O)[C@@H]3O)cc(O)c12. The quantitative estimate of drug-likeness (QED) is 0.276. The van der Waals surface area contributed by atoms with Gasteiger partial charge in [-0.1, -0.05) is 0 Å². The maximum atomic E-state index is 12.6. The van der Waals surface area contributed by atoms with E-state index in [1.54, 1.807) is 0 Å². The van der Waals surface area contributed by atoms with Crippen LogP contribution >= 0.6 is 0 Å². The molecule has 0 amide bonds. The normalized spacial score (nSPS) is 23.3. The molecule has 4 atom stereocenters. The zero-order chi connectivity index (χ0) is 22.4. The first kappa shape index (κ1) is 20.8. The van der Waals surface area contributed by atoms with Gasteiger partial charge in [0.05, 0.1) is 6.61 Å². The topological polar surface area (TPSA) is 190 Å². The predicted octanol–water partition coefficient (Wildman–Crippen LogP) is 0.100. The van der Waals surface area contributed by atoms with Gasteiger partial charge < -0.3 is 49.6 Å². The lowest BCUT2D eigenvalue weighted by Gasteiger charge is -2.17. The number of aromatic hydroxyl groups is 4. The summed E-state index contributed by atoms with van der Waals surface area (Å²) < 4.78 is 16.2. The van der Waals surface area contributed by atoms with Crippen molar-refractivity contribution in [2.45, 2.75) is 24.6 Å². The summed E-state index contributed by atoms with van der Waals surface area (Å²) in [4.78, 5) is 12.6. The van der Waals surface area contributed by atoms with Gasteiger partial charge in [0.25, 0.3) is 0 Å². The molecule has 0 aliphatic carbocycles. The van der Waals surface area contributed by atoms with E-state index in [-0.39, 0.29) is 28.0 Å². The number of phenolic OH excluding ortho intramolecular Hbond substituents is 3. The largest absolute Gasteiger partial charge is 0.507 e. The van der Waals surface area contributed by atoms with E-state index in [9.17, 15) is 35.4 Å². The second-order valence-corrected chi connectivity index (χ2v) is 6.95. The highest BCUT2D eigenvalue weighted by molar-refractivity contribution is 5.88. The molecule has 11 heteroatoms. The van der Waals surface area contributed by atoms with E-state index in [4.69, 9.17) is 19.0 Å². The minimum atomic E-state index is -1.49. The summed E-state index contributed by atoms with van der Waals surface area (Å²) in [7, 11) is 0. The van der Waals surface area contributed by atoms with Gasteiger partial charge in [-0.15, -0.1) is 0 Å². The fraction of sp³-hybridized carbons (Fsp3) is 0.250. The van der Waals surface area contributed by atoms with Crippen LogP contribution in [0.4, 0.5) is 0 Å². The van der Waals surface area contributed by atoms with Gasteiger partial charge in [0.2, 0.25) is 17.5 Å². The summed E-state index contributed by atoms with van der Waals surface area (Å²) in [5.74, 6) is -2.79. The van der Waals surface area contributed by atoms with Crippen LogP contribution < -0.4 is 10.2 Å². The number of rotatable bonds is 4. The molecule has 2 aromatic carbocycles. The van der Waals surface area contributed by atoms with Crippen LogP contribution in [0.3, 0.4) is 0 Å². The van der Waals surface area contributed by atoms with Gasteiger partial charge in [-0.2, -0.15) is 0 Å². The highest BCUT2D eigenvalue weighted by Gasteiger charge is 2.44. The van der Waals surface area contributed by atoms with E-state index in [1.807, 2.05) is 0 Å². The van der Waals surface area contributed by atoms with Gasteiger partial charge in [0.1, 0.15) is 40.8 Å². The molecular formula is C20H18O11. The maximum absolute atomic E-state index is 12.6. The lowest BCUT2D eigenvalue weighted by molar-refractivity contribution is -0.116. The van der Waals surface area contributed by atoms with Gasteiger partial charge in [-0.05, 0) is 18.2 Å². The van der Waals surface area contributed by atoms with Gasteiger partial charge in [0.15, 0.2) is 17.3 Å². The highest BCUT2D eigenvalue weighted by atomic mass is 16.7. The van der Waals surface area contributed by atoms with Crippen molar-refractivity contribution < 1.29 is 49.6 Å². The summed E-state index contributed by atoms with van der Waals surface area (Å²) in [5.41, 5.74) is -1.09. The van der Waals surface area contributed by atoms with Crippen molar-refractivity contribution in [1.29, 1.82) is 0 Å². The standard InChI is InChI=1S/C20H18O11/c21-6-13-15(25)18(28)20(31-13)29-8-4-11(24)14-12(5-8)30-19(17(27)16(14)26)7-1-2-9(22)10(23)3-7/h1-5,13,15,18,20-25,27-28H,6H2/t13-,15-,18+,20+/m1/s1. The minimum Gasteiger partial charge on any atom is -0.507 e. The molecule has 31 heavy (non-hydrogen) atoms. The third kappa shape index (κ3) is 3.49. The van der Waals surface area contributed by atoms with Gasteiger partial charge in [0, 0.05) is 17.7 Å². The van der Waals surface area contributed by atoms with E-state index in [0.29, 0.717) is 0 Å². The van der Waals surface area contributed by atoms with Crippen LogP contribution in [-0.4, -0.2) is 67.0 Å². The Kier molecular flexibility index (Phi) is 5.11. The van der Waals surface area contributed by atoms with Crippen molar-refractivity contribution in [1.82, 2.24) is 0 Å². The number of hydrogen-bond acceptors (Lipinski definition) is 11. The first-order chi connectivity index (χ1) is 14.7. The molecule has 4 rings (SSSR count). The molecular weight excluding hydrogens is 416 g/mol. The fourth-order valence-electron chi connectivity index (χ4n) is 3.29. The van der Waals surface area contributed by atoms with E-state index in [0.717, 1.165) is 18.2 Å². The molecule has 0 bridgehead atoms.